The maximum atomic E-state index is 13.1. The molecular formula is C19H16ClFN2O5. The number of hydrogen-bond acceptors (Lipinski definition) is 5. The fraction of sp³-hybridized carbons (Fsp3) is 0.211. The number of esters is 1. The highest BCUT2D eigenvalue weighted by Crippen LogP contribution is 2.19. The van der Waals surface area contributed by atoms with Crippen molar-refractivity contribution < 1.29 is 23.1 Å². The quantitative estimate of drug-likeness (QED) is 0.634. The lowest BCUT2D eigenvalue weighted by atomic mass is 10.3. The van der Waals surface area contributed by atoms with Crippen LogP contribution in [0.1, 0.15) is 13.3 Å². The molecule has 0 bridgehead atoms. The summed E-state index contributed by atoms with van der Waals surface area (Å²) in [6.45, 7) is 1.45. The number of aromatic nitrogens is 1. The summed E-state index contributed by atoms with van der Waals surface area (Å²) in [6.07, 6.45) is -1.21. The van der Waals surface area contributed by atoms with E-state index in [1.54, 1.807) is 24.3 Å². The summed E-state index contributed by atoms with van der Waals surface area (Å²) in [5, 5.41) is 2.34. The minimum atomic E-state index is -1.09. The van der Waals surface area contributed by atoms with E-state index >= 15 is 0 Å². The summed E-state index contributed by atoms with van der Waals surface area (Å²) in [4.78, 5) is 36.0. The third kappa shape index (κ3) is 4.40. The lowest BCUT2D eigenvalue weighted by molar-refractivity contribution is -0.153. The second kappa shape index (κ2) is 8.26. The Bertz CT molecular complexity index is 1090. The zero-order valence-corrected chi connectivity index (χ0v) is 15.5. The van der Waals surface area contributed by atoms with Crippen molar-refractivity contribution in [2.45, 2.75) is 26.0 Å². The Morgan fingerprint density at radius 1 is 1.29 bits per heavy atom. The molecule has 9 heteroatoms. The topological polar surface area (TPSA) is 90.5 Å². The number of carbonyl (C=O) groups excluding carboxylic acids is 2. The van der Waals surface area contributed by atoms with Crippen LogP contribution in [0.2, 0.25) is 5.02 Å². The van der Waals surface area contributed by atoms with Gasteiger partial charge in [-0.05, 0) is 37.3 Å². The van der Waals surface area contributed by atoms with Gasteiger partial charge < -0.3 is 14.5 Å². The molecule has 0 saturated heterocycles. The lowest BCUT2D eigenvalue weighted by Crippen LogP contribution is -2.30. The van der Waals surface area contributed by atoms with Gasteiger partial charge in [0.15, 0.2) is 11.7 Å². The fourth-order valence-corrected chi connectivity index (χ4v) is 2.74. The van der Waals surface area contributed by atoms with Gasteiger partial charge in [0.25, 0.3) is 5.91 Å². The fourth-order valence-electron chi connectivity index (χ4n) is 2.56. The van der Waals surface area contributed by atoms with Gasteiger partial charge in [-0.3, -0.25) is 14.2 Å². The zero-order chi connectivity index (χ0) is 20.3. The Morgan fingerprint density at radius 3 is 2.79 bits per heavy atom. The summed E-state index contributed by atoms with van der Waals surface area (Å²) < 4.78 is 24.6. The van der Waals surface area contributed by atoms with Gasteiger partial charge in [-0.15, -0.1) is 0 Å². The number of para-hydroxylation sites is 2. The standard InChI is InChI=1S/C19H16ClFN2O5/c1-11(18(25)22-12-6-7-14(21)13(20)10-12)27-17(24)8-9-23-15-4-2-3-5-16(15)28-19(23)26/h2-7,10-11H,8-9H2,1H3,(H,22,25)/t11-/m1/s1. The molecule has 0 aliphatic rings. The number of nitrogens with zero attached hydrogens (tertiary/aromatic N) is 1. The molecule has 0 fully saturated rings. The van der Waals surface area contributed by atoms with E-state index in [0.29, 0.717) is 11.1 Å². The van der Waals surface area contributed by atoms with E-state index in [0.717, 1.165) is 6.07 Å². The number of hydrogen-bond donors (Lipinski definition) is 1. The zero-order valence-electron chi connectivity index (χ0n) is 14.8. The number of rotatable bonds is 6. The smallest absolute Gasteiger partial charge is 0.419 e. The molecule has 7 nitrogen and oxygen atoms in total. The highest BCUT2D eigenvalue weighted by atomic mass is 35.5. The Kier molecular flexibility index (Phi) is 5.79. The number of anilines is 1. The first kappa shape index (κ1) is 19.6. The van der Waals surface area contributed by atoms with E-state index in [4.69, 9.17) is 20.8 Å². The molecule has 1 atom stereocenters. The summed E-state index contributed by atoms with van der Waals surface area (Å²) in [7, 11) is 0. The largest absolute Gasteiger partial charge is 0.452 e. The summed E-state index contributed by atoms with van der Waals surface area (Å²) in [6, 6.07) is 10.5. The predicted octanol–water partition coefficient (Wildman–Crippen LogP) is 3.35. The third-order valence-electron chi connectivity index (χ3n) is 3.98. The van der Waals surface area contributed by atoms with E-state index < -0.39 is 29.6 Å². The first-order valence-electron chi connectivity index (χ1n) is 8.39. The van der Waals surface area contributed by atoms with Gasteiger partial charge in [-0.1, -0.05) is 23.7 Å². The van der Waals surface area contributed by atoms with Crippen LogP contribution in [-0.2, 0) is 20.9 Å². The van der Waals surface area contributed by atoms with Gasteiger partial charge in [-0.2, -0.15) is 0 Å². The average molecular weight is 407 g/mol. The number of fused-ring (bicyclic) bond motifs is 1. The SMILES string of the molecule is C[C@@H](OC(=O)CCn1c(=O)oc2ccccc21)C(=O)Nc1ccc(F)c(Cl)c1. The molecular weight excluding hydrogens is 391 g/mol. The molecule has 1 amide bonds. The number of halogens is 2. The van der Waals surface area contributed by atoms with Crippen molar-refractivity contribution in [3.8, 4) is 0 Å². The van der Waals surface area contributed by atoms with E-state index in [1.807, 2.05) is 0 Å². The van der Waals surface area contributed by atoms with Gasteiger partial charge in [0.2, 0.25) is 0 Å². The minimum Gasteiger partial charge on any atom is -0.452 e. The van der Waals surface area contributed by atoms with E-state index in [2.05, 4.69) is 5.32 Å². The number of oxazole rings is 1. The average Bonchev–Trinajstić information content (AvgIpc) is 2.98. The molecule has 1 heterocycles. The molecule has 146 valence electrons. The first-order chi connectivity index (χ1) is 13.3. The van der Waals surface area contributed by atoms with Crippen molar-refractivity contribution in [3.63, 3.8) is 0 Å². The van der Waals surface area contributed by atoms with Crippen LogP contribution in [-0.4, -0.2) is 22.5 Å². The van der Waals surface area contributed by atoms with E-state index in [9.17, 15) is 18.8 Å². The van der Waals surface area contributed by atoms with Crippen molar-refractivity contribution in [1.82, 2.24) is 4.57 Å². The summed E-state index contributed by atoms with van der Waals surface area (Å²) in [5.41, 5.74) is 1.27. The van der Waals surface area contributed by atoms with Crippen molar-refractivity contribution in [3.05, 3.63) is 63.9 Å². The van der Waals surface area contributed by atoms with Gasteiger partial charge in [-0.25, -0.2) is 9.18 Å². The van der Waals surface area contributed by atoms with E-state index in [-0.39, 0.29) is 23.7 Å². The number of nitrogens with one attached hydrogen (secondary N) is 1. The van der Waals surface area contributed by atoms with Crippen LogP contribution in [0.15, 0.2) is 51.7 Å². The van der Waals surface area contributed by atoms with Gasteiger partial charge >= 0.3 is 11.7 Å². The number of benzene rings is 2. The van der Waals surface area contributed by atoms with Gasteiger partial charge in [0.1, 0.15) is 5.82 Å². The van der Waals surface area contributed by atoms with Crippen molar-refractivity contribution in [1.29, 1.82) is 0 Å². The van der Waals surface area contributed by atoms with Gasteiger partial charge in [0.05, 0.1) is 17.0 Å². The maximum absolute atomic E-state index is 13.1. The number of aryl methyl sites for hydroxylation is 1. The monoisotopic (exact) mass is 406 g/mol. The maximum Gasteiger partial charge on any atom is 0.419 e. The molecule has 1 N–H and O–H groups in total. The number of carbonyl (C=O) groups is 2. The molecule has 0 saturated carbocycles. The second-order valence-electron chi connectivity index (χ2n) is 5.99. The van der Waals surface area contributed by atoms with Crippen LogP contribution in [0.25, 0.3) is 11.1 Å². The highest BCUT2D eigenvalue weighted by Gasteiger charge is 2.19. The number of amides is 1. The molecule has 0 radical (unpaired) electrons. The summed E-state index contributed by atoms with van der Waals surface area (Å²) >= 11 is 5.66. The first-order valence-corrected chi connectivity index (χ1v) is 8.76. The van der Waals surface area contributed by atoms with Crippen LogP contribution >= 0.6 is 11.6 Å². The van der Waals surface area contributed by atoms with Crippen LogP contribution in [0, 0.1) is 5.82 Å². The van der Waals surface area contributed by atoms with Crippen LogP contribution < -0.4 is 11.1 Å². The molecule has 0 aliphatic heterocycles. The molecule has 0 spiro atoms. The van der Waals surface area contributed by atoms with Crippen LogP contribution in [0.5, 0.6) is 0 Å². The molecule has 0 unspecified atom stereocenters. The Morgan fingerprint density at radius 2 is 2.04 bits per heavy atom. The van der Waals surface area contributed by atoms with Crippen molar-refractivity contribution in [2.75, 3.05) is 5.32 Å². The Labute approximate surface area is 163 Å². The number of ether oxygens (including phenoxy) is 1. The molecule has 3 aromatic rings. The predicted molar refractivity (Wildman–Crippen MR) is 101 cm³/mol. The van der Waals surface area contributed by atoms with Crippen LogP contribution in [0.4, 0.5) is 10.1 Å². The molecule has 28 heavy (non-hydrogen) atoms. The van der Waals surface area contributed by atoms with Crippen molar-refractivity contribution in [2.24, 2.45) is 0 Å². The lowest BCUT2D eigenvalue weighted by Gasteiger charge is -2.14. The van der Waals surface area contributed by atoms with Gasteiger partial charge in [0, 0.05) is 12.2 Å². The summed E-state index contributed by atoms with van der Waals surface area (Å²) in [5.74, 6) is -2.44. The molecule has 3 rings (SSSR count). The van der Waals surface area contributed by atoms with E-state index in [1.165, 1.54) is 23.6 Å². The van der Waals surface area contributed by atoms with Crippen LogP contribution in [0.3, 0.4) is 0 Å². The molecule has 2 aromatic carbocycles. The van der Waals surface area contributed by atoms with Crippen molar-refractivity contribution >= 4 is 40.3 Å². The normalized spacial score (nSPS) is 12.0. The third-order valence-corrected chi connectivity index (χ3v) is 4.27. The minimum absolute atomic E-state index is 0.0522. The molecule has 1 aromatic heterocycles. The second-order valence-corrected chi connectivity index (χ2v) is 6.39. The Balaban J connectivity index is 1.56. The molecule has 0 aliphatic carbocycles. The Hall–Kier alpha value is -3.13. The highest BCUT2D eigenvalue weighted by molar-refractivity contribution is 6.31.